The van der Waals surface area contributed by atoms with Gasteiger partial charge in [-0.2, -0.15) is 0 Å². The van der Waals surface area contributed by atoms with Crippen molar-refractivity contribution in [2.24, 2.45) is 0 Å². The summed E-state index contributed by atoms with van der Waals surface area (Å²) in [5, 5.41) is 3.78. The molecule has 2 aromatic rings. The molecule has 0 atom stereocenters. The van der Waals surface area contributed by atoms with Gasteiger partial charge in [-0.1, -0.05) is 11.6 Å². The Hall–Kier alpha value is -2.34. The third-order valence-corrected chi connectivity index (χ3v) is 4.09. The van der Waals surface area contributed by atoms with Crippen molar-refractivity contribution in [1.82, 2.24) is 14.9 Å². The summed E-state index contributed by atoms with van der Waals surface area (Å²) >= 11 is 6.12. The molecule has 0 saturated carbocycles. The molecule has 1 aromatic carbocycles. The van der Waals surface area contributed by atoms with Crippen LogP contribution < -0.4 is 10.1 Å². The number of ether oxygens (including phenoxy) is 1. The van der Waals surface area contributed by atoms with Gasteiger partial charge >= 0.3 is 0 Å². The van der Waals surface area contributed by atoms with E-state index in [0.29, 0.717) is 35.4 Å². The third-order valence-electron chi connectivity index (χ3n) is 3.68. The minimum atomic E-state index is -0.121. The number of rotatable bonds is 6. The maximum atomic E-state index is 12.4. The molecule has 0 spiro atoms. The average molecular weight is 349 g/mol. The standard InChI is InChI=1S/C17H21ClN4O2/c1-5-22(6-2)17(23)14-9-16(20-10-19-14)21-13-7-11(3)12(18)8-15(13)24-4/h7-10H,5-6H2,1-4H3,(H,19,20,21). The Balaban J connectivity index is 2.30. The van der Waals surface area contributed by atoms with Crippen molar-refractivity contribution in [3.05, 3.63) is 40.8 Å². The first-order valence-electron chi connectivity index (χ1n) is 7.72. The highest BCUT2D eigenvalue weighted by atomic mass is 35.5. The maximum absolute atomic E-state index is 12.4. The van der Waals surface area contributed by atoms with Crippen LogP contribution in [0.5, 0.6) is 5.75 Å². The molecule has 0 unspecified atom stereocenters. The molecular weight excluding hydrogens is 328 g/mol. The number of carbonyl (C=O) groups excluding carboxylic acids is 1. The van der Waals surface area contributed by atoms with E-state index in [4.69, 9.17) is 16.3 Å². The smallest absolute Gasteiger partial charge is 0.272 e. The van der Waals surface area contributed by atoms with Crippen molar-refractivity contribution in [3.8, 4) is 5.75 Å². The largest absolute Gasteiger partial charge is 0.495 e. The van der Waals surface area contributed by atoms with E-state index >= 15 is 0 Å². The van der Waals surface area contributed by atoms with Gasteiger partial charge in [-0.3, -0.25) is 4.79 Å². The molecule has 128 valence electrons. The van der Waals surface area contributed by atoms with Gasteiger partial charge in [0.25, 0.3) is 5.91 Å². The van der Waals surface area contributed by atoms with Gasteiger partial charge in [-0.05, 0) is 32.4 Å². The van der Waals surface area contributed by atoms with Crippen LogP contribution in [0.1, 0.15) is 29.9 Å². The van der Waals surface area contributed by atoms with Crippen LogP contribution in [-0.4, -0.2) is 41.0 Å². The van der Waals surface area contributed by atoms with Crippen LogP contribution in [0.3, 0.4) is 0 Å². The molecule has 1 aromatic heterocycles. The lowest BCUT2D eigenvalue weighted by molar-refractivity contribution is 0.0767. The van der Waals surface area contributed by atoms with Crippen LogP contribution in [0.25, 0.3) is 0 Å². The third kappa shape index (κ3) is 3.94. The Morgan fingerprint density at radius 3 is 2.58 bits per heavy atom. The van der Waals surface area contributed by atoms with Gasteiger partial charge in [0.15, 0.2) is 0 Å². The van der Waals surface area contributed by atoms with E-state index in [9.17, 15) is 4.79 Å². The Bertz CT molecular complexity index is 733. The van der Waals surface area contributed by atoms with Crippen molar-refractivity contribution in [2.75, 3.05) is 25.5 Å². The number of benzene rings is 1. The van der Waals surface area contributed by atoms with Crippen molar-refractivity contribution < 1.29 is 9.53 Å². The molecule has 24 heavy (non-hydrogen) atoms. The molecule has 0 bridgehead atoms. The van der Waals surface area contributed by atoms with Crippen LogP contribution in [0.4, 0.5) is 11.5 Å². The quantitative estimate of drug-likeness (QED) is 0.862. The summed E-state index contributed by atoms with van der Waals surface area (Å²) in [6.07, 6.45) is 1.37. The average Bonchev–Trinajstić information content (AvgIpc) is 2.59. The van der Waals surface area contributed by atoms with Gasteiger partial charge in [-0.25, -0.2) is 9.97 Å². The minimum absolute atomic E-state index is 0.121. The maximum Gasteiger partial charge on any atom is 0.272 e. The molecule has 1 N–H and O–H groups in total. The highest BCUT2D eigenvalue weighted by Crippen LogP contribution is 2.32. The lowest BCUT2D eigenvalue weighted by Gasteiger charge is -2.18. The van der Waals surface area contributed by atoms with Crippen molar-refractivity contribution in [2.45, 2.75) is 20.8 Å². The summed E-state index contributed by atoms with van der Waals surface area (Å²) in [6.45, 7) is 7.03. The first-order chi connectivity index (χ1) is 11.5. The predicted molar refractivity (Wildman–Crippen MR) is 95.3 cm³/mol. The van der Waals surface area contributed by atoms with Crippen LogP contribution >= 0.6 is 11.6 Å². The lowest BCUT2D eigenvalue weighted by atomic mass is 10.2. The zero-order chi connectivity index (χ0) is 17.7. The summed E-state index contributed by atoms with van der Waals surface area (Å²) in [5.74, 6) is 0.992. The van der Waals surface area contributed by atoms with Crippen LogP contribution in [0.15, 0.2) is 24.5 Å². The number of methoxy groups -OCH3 is 1. The lowest BCUT2D eigenvalue weighted by Crippen LogP contribution is -2.31. The van der Waals surface area contributed by atoms with Crippen LogP contribution in [0, 0.1) is 6.92 Å². The number of amides is 1. The molecule has 7 heteroatoms. The number of hydrogen-bond donors (Lipinski definition) is 1. The summed E-state index contributed by atoms with van der Waals surface area (Å²) in [7, 11) is 1.57. The number of nitrogens with zero attached hydrogens (tertiary/aromatic N) is 3. The van der Waals surface area contributed by atoms with Gasteiger partial charge in [-0.15, -0.1) is 0 Å². The van der Waals surface area contributed by atoms with Crippen molar-refractivity contribution in [3.63, 3.8) is 0 Å². The highest BCUT2D eigenvalue weighted by molar-refractivity contribution is 6.31. The number of aryl methyl sites for hydroxylation is 1. The van der Waals surface area contributed by atoms with Gasteiger partial charge < -0.3 is 15.0 Å². The molecular formula is C17H21ClN4O2. The molecule has 0 saturated heterocycles. The number of halogens is 1. The number of aromatic nitrogens is 2. The molecule has 0 radical (unpaired) electrons. The zero-order valence-electron chi connectivity index (χ0n) is 14.3. The Morgan fingerprint density at radius 2 is 1.96 bits per heavy atom. The SMILES string of the molecule is CCN(CC)C(=O)c1cc(Nc2cc(C)c(Cl)cc2OC)ncn1. The van der Waals surface area contributed by atoms with E-state index < -0.39 is 0 Å². The molecule has 1 amide bonds. The second-order valence-corrected chi connectivity index (χ2v) is 5.60. The monoisotopic (exact) mass is 348 g/mol. The highest BCUT2D eigenvalue weighted by Gasteiger charge is 2.15. The summed E-state index contributed by atoms with van der Waals surface area (Å²) in [5.41, 5.74) is 1.98. The van der Waals surface area contributed by atoms with E-state index in [1.807, 2.05) is 26.8 Å². The summed E-state index contributed by atoms with van der Waals surface area (Å²) < 4.78 is 5.34. The van der Waals surface area contributed by atoms with Gasteiger partial charge in [0.2, 0.25) is 0 Å². The van der Waals surface area contributed by atoms with Gasteiger partial charge in [0.05, 0.1) is 12.8 Å². The van der Waals surface area contributed by atoms with Crippen molar-refractivity contribution >= 4 is 29.0 Å². The first-order valence-corrected chi connectivity index (χ1v) is 8.10. The molecule has 0 fully saturated rings. The number of nitrogens with one attached hydrogen (secondary N) is 1. The molecule has 0 aliphatic heterocycles. The van der Waals surface area contributed by atoms with Crippen LogP contribution in [0.2, 0.25) is 5.02 Å². The van der Waals surface area contributed by atoms with Gasteiger partial charge in [0.1, 0.15) is 23.6 Å². The summed E-state index contributed by atoms with van der Waals surface area (Å²) in [4.78, 5) is 22.4. The molecule has 6 nitrogen and oxygen atoms in total. The van der Waals surface area contributed by atoms with E-state index in [0.717, 1.165) is 11.3 Å². The van der Waals surface area contributed by atoms with E-state index in [-0.39, 0.29) is 5.91 Å². The summed E-state index contributed by atoms with van der Waals surface area (Å²) in [6, 6.07) is 5.24. The molecule has 0 aliphatic carbocycles. The number of carbonyl (C=O) groups is 1. The Labute approximate surface area is 146 Å². The fourth-order valence-corrected chi connectivity index (χ4v) is 2.44. The fraction of sp³-hybridized carbons (Fsp3) is 0.353. The zero-order valence-corrected chi connectivity index (χ0v) is 15.0. The Morgan fingerprint density at radius 1 is 1.25 bits per heavy atom. The predicted octanol–water partition coefficient (Wildman–Crippen LogP) is 3.67. The van der Waals surface area contributed by atoms with Crippen LogP contribution in [-0.2, 0) is 0 Å². The van der Waals surface area contributed by atoms with E-state index in [1.165, 1.54) is 6.33 Å². The molecule has 0 aliphatic rings. The fourth-order valence-electron chi connectivity index (χ4n) is 2.28. The minimum Gasteiger partial charge on any atom is -0.495 e. The van der Waals surface area contributed by atoms with E-state index in [2.05, 4.69) is 15.3 Å². The second kappa shape index (κ2) is 7.97. The first kappa shape index (κ1) is 18.0. The van der Waals surface area contributed by atoms with Crippen molar-refractivity contribution in [1.29, 1.82) is 0 Å². The number of anilines is 2. The molecule has 1 heterocycles. The second-order valence-electron chi connectivity index (χ2n) is 5.19. The topological polar surface area (TPSA) is 67.4 Å². The van der Waals surface area contributed by atoms with E-state index in [1.54, 1.807) is 24.1 Å². The molecule has 2 rings (SSSR count). The van der Waals surface area contributed by atoms with Gasteiger partial charge in [0, 0.05) is 30.2 Å². The Kier molecular flexibility index (Phi) is 5.98. The normalized spacial score (nSPS) is 10.4. The number of hydrogen-bond acceptors (Lipinski definition) is 5.